The highest BCUT2D eigenvalue weighted by atomic mass is 35.5. The molecule has 0 aliphatic carbocycles. The van der Waals surface area contributed by atoms with Gasteiger partial charge in [0.1, 0.15) is 17.0 Å². The van der Waals surface area contributed by atoms with Gasteiger partial charge < -0.3 is 55.8 Å². The van der Waals surface area contributed by atoms with Crippen molar-refractivity contribution in [3.8, 4) is 0 Å². The lowest BCUT2D eigenvalue weighted by molar-refractivity contribution is -0.0106. The van der Waals surface area contributed by atoms with Gasteiger partial charge in [-0.3, -0.25) is 28.0 Å². The largest absolute Gasteiger partial charge is 0.477 e. The number of nitrogens with zero attached hydrogens (tertiary/aromatic N) is 13. The number of amides is 4. The van der Waals surface area contributed by atoms with Crippen LogP contribution in [-0.4, -0.2) is 173 Å². The smallest absolute Gasteiger partial charge is 0.354 e. The number of aromatic nitrogens is 4. The molecule has 0 radical (unpaired) electrons. The van der Waals surface area contributed by atoms with E-state index in [-0.39, 0.29) is 40.2 Å². The van der Waals surface area contributed by atoms with Crippen LogP contribution in [0, 0.1) is 34.8 Å². The second-order valence-electron chi connectivity index (χ2n) is 31.1. The summed E-state index contributed by atoms with van der Waals surface area (Å²) in [6.07, 6.45) is 4.53. The average molecular weight is 1550 g/mol. The van der Waals surface area contributed by atoms with Gasteiger partial charge in [-0.1, -0.05) is 140 Å². The van der Waals surface area contributed by atoms with Crippen molar-refractivity contribution < 1.29 is 29.1 Å². The van der Waals surface area contributed by atoms with E-state index in [1.54, 1.807) is 35.0 Å². The number of anilines is 4. The monoisotopic (exact) mass is 1550 g/mol. The molecule has 0 unspecified atom stereocenters. The van der Waals surface area contributed by atoms with Crippen molar-refractivity contribution >= 4 is 98.2 Å². The molecule has 11 aromatic rings. The van der Waals surface area contributed by atoms with Crippen LogP contribution >= 0.6 is 23.2 Å². The molecule has 574 valence electrons. The van der Waals surface area contributed by atoms with E-state index >= 15 is 0 Å². The highest BCUT2D eigenvalue weighted by Crippen LogP contribution is 2.46. The lowest BCUT2D eigenvalue weighted by atomic mass is 9.72. The van der Waals surface area contributed by atoms with E-state index in [2.05, 4.69) is 98.4 Å². The predicted octanol–water partition coefficient (Wildman–Crippen LogP) is 13.6. The molecule has 0 saturated carbocycles. The maximum atomic E-state index is 13.0. The Bertz CT molecular complexity index is 5370. The Balaban J connectivity index is 0.000000116. The summed E-state index contributed by atoms with van der Waals surface area (Å²) in [7, 11) is 0. The van der Waals surface area contributed by atoms with Gasteiger partial charge in [-0.15, -0.1) is 0 Å². The maximum Gasteiger partial charge on any atom is 0.354 e. The van der Waals surface area contributed by atoms with Crippen LogP contribution in [0.25, 0.3) is 21.0 Å². The van der Waals surface area contributed by atoms with E-state index < -0.39 is 5.97 Å². The highest BCUT2D eigenvalue weighted by molar-refractivity contribution is 6.30. The summed E-state index contributed by atoms with van der Waals surface area (Å²) in [5.41, 5.74) is 21.1. The number of aromatic carboxylic acids is 1. The Hall–Kier alpha value is -12.1. The second kappa shape index (κ2) is 32.3. The van der Waals surface area contributed by atoms with E-state index in [1.165, 1.54) is 34.6 Å². The van der Waals surface area contributed by atoms with Crippen molar-refractivity contribution in [2.24, 2.45) is 27.4 Å². The first-order chi connectivity index (χ1) is 54.8. The van der Waals surface area contributed by atoms with Gasteiger partial charge in [0.05, 0.1) is 34.6 Å². The number of imidazole rings is 2. The molecule has 8 aliphatic heterocycles. The van der Waals surface area contributed by atoms with Gasteiger partial charge in [-0.05, 0) is 133 Å². The first-order valence-electron chi connectivity index (χ1n) is 38.2. The molecule has 4 aromatic heterocycles. The van der Waals surface area contributed by atoms with Gasteiger partial charge in [-0.25, -0.2) is 24.5 Å². The summed E-state index contributed by atoms with van der Waals surface area (Å²) < 4.78 is 3.26. The number of pyridine rings is 2. The predicted molar refractivity (Wildman–Crippen MR) is 442 cm³/mol. The standard InChI is InChI=1S/C29H28ClN5O2.C19H17N3O.C19H21N3O.C12H13N3.C10H9ClN2O2/c1-2-24-26(35-15-22(30)10-13-25(35)32-24)27(36)31-14-20-8-11-23(12-9-20)33-16-29(17-33)18-34(19-29)28(37)21-6-4-3-5-7-21;1-20-16-7-9-17(10-8-16)21-11-19(12-21)13-22(14-19)18(23)15-5-3-2-4-6-15;20-10-15-6-8-17(9-7-15)21-11-19(12-21)13-22(14-19)18(23)16-4-2-1-3-5-16;1-13-10-2-4-11(5-3-10)15-8-12(9-15)6-14-7-12;1-2-7-9(10(14)15)13-5-6(11)3-4-8(13)12-7/h3-13,15H,2,14,16-19H2,1H3,(H,31,36);2-10H,11-14H2;1-9H,10-14,20H2;2-5,14H,6-9H2;3-5H,2H2,1H3,(H,14,15). The summed E-state index contributed by atoms with van der Waals surface area (Å²) >= 11 is 12.0. The first kappa shape index (κ1) is 76.3. The number of nitrogens with two attached hydrogens (primary N) is 1. The molecule has 0 atom stereocenters. The molecule has 8 saturated heterocycles. The number of carboxylic acid groups (broad SMARTS) is 1. The van der Waals surface area contributed by atoms with Gasteiger partial charge in [-0.2, -0.15) is 0 Å². The van der Waals surface area contributed by atoms with Crippen molar-refractivity contribution in [3.05, 3.63) is 308 Å². The highest BCUT2D eigenvalue weighted by Gasteiger charge is 2.56. The number of carbonyl (C=O) groups excluding carboxylic acids is 4. The Morgan fingerprint density at radius 1 is 0.442 bits per heavy atom. The van der Waals surface area contributed by atoms with Gasteiger partial charge in [0, 0.05) is 191 Å². The number of aryl methyl sites for hydroxylation is 2. The molecule has 7 aromatic carbocycles. The number of halogens is 2. The number of nitrogens with one attached hydrogen (secondary N) is 2. The van der Waals surface area contributed by atoms with Crippen LogP contribution in [0.2, 0.25) is 10.0 Å². The molecule has 8 fully saturated rings. The third kappa shape index (κ3) is 16.2. The number of likely N-dealkylation sites (tertiary alicyclic amines) is 3. The summed E-state index contributed by atoms with van der Waals surface area (Å²) in [6.45, 7) is 34.4. The molecular formula is C89H88Cl2N16O6. The van der Waals surface area contributed by atoms with Gasteiger partial charge >= 0.3 is 5.97 Å². The van der Waals surface area contributed by atoms with Crippen LogP contribution in [0.15, 0.2) is 225 Å². The summed E-state index contributed by atoms with van der Waals surface area (Å²) in [5.74, 6) is -0.742. The lowest BCUT2D eigenvalue weighted by Crippen LogP contribution is -2.73. The molecule has 5 N–H and O–H groups in total. The van der Waals surface area contributed by atoms with Crippen LogP contribution in [0.5, 0.6) is 0 Å². The summed E-state index contributed by atoms with van der Waals surface area (Å²) in [5, 5.41) is 16.5. The Morgan fingerprint density at radius 2 is 0.770 bits per heavy atom. The molecule has 4 spiro atoms. The van der Waals surface area contributed by atoms with Crippen LogP contribution in [0.1, 0.15) is 88.4 Å². The minimum absolute atomic E-state index is 0.120. The average Bonchev–Trinajstić information content (AvgIpc) is 0.974. The molecular weight excluding hydrogens is 1460 g/mol. The first-order valence-corrected chi connectivity index (χ1v) is 38.9. The van der Waals surface area contributed by atoms with Crippen molar-refractivity contribution in [2.45, 2.75) is 39.8 Å². The molecule has 22 nitrogen and oxygen atoms in total. The van der Waals surface area contributed by atoms with Gasteiger partial charge in [0.25, 0.3) is 23.6 Å². The van der Waals surface area contributed by atoms with Crippen molar-refractivity contribution in [1.82, 2.24) is 44.1 Å². The number of hydrogen-bond donors (Lipinski definition) is 4. The fraction of sp³-hybridized carbons (Fsp3) is 0.292. The van der Waals surface area contributed by atoms with Gasteiger partial charge in [0.2, 0.25) is 0 Å². The Labute approximate surface area is 667 Å². The van der Waals surface area contributed by atoms with Crippen LogP contribution in [-0.2, 0) is 25.9 Å². The quantitative estimate of drug-likeness (QED) is 0.0744. The zero-order valence-electron chi connectivity index (χ0n) is 63.1. The third-order valence-corrected chi connectivity index (χ3v) is 23.1. The summed E-state index contributed by atoms with van der Waals surface area (Å²) in [4.78, 5) is 92.3. The minimum Gasteiger partial charge on any atom is -0.477 e. The fourth-order valence-electron chi connectivity index (χ4n) is 16.6. The summed E-state index contributed by atoms with van der Waals surface area (Å²) in [6, 6.07) is 67.9. The molecule has 0 bridgehead atoms. The van der Waals surface area contributed by atoms with Crippen molar-refractivity contribution in [2.75, 3.05) is 124 Å². The number of rotatable bonds is 14. The SMILES string of the molecule is CCc1nc2ccc(Cl)cn2c1C(=O)NCc1ccc(N2CC3(CN(C(=O)c4ccccc4)C3)C2)cc1.CCc1nc2ccc(Cl)cn2c1C(=O)O.NCc1ccc(N2CC3(CN(C(=O)c4ccccc4)C3)C2)cc1.[C-]#[N+]c1ccc(N2CC3(CN(C(=O)c4ccccc4)C3)C2)cc1.[C-]#[N+]c1ccc(N2CC3(CNC3)C2)cc1. The second-order valence-corrected chi connectivity index (χ2v) is 31.9. The number of carbonyl (C=O) groups is 5. The Kier molecular flexibility index (Phi) is 21.8. The Morgan fingerprint density at radius 3 is 1.09 bits per heavy atom. The van der Waals surface area contributed by atoms with E-state index in [9.17, 15) is 24.0 Å². The molecule has 8 aliphatic rings. The normalized spacial score (nSPS) is 17.0. The zero-order valence-corrected chi connectivity index (χ0v) is 64.7. The van der Waals surface area contributed by atoms with Crippen molar-refractivity contribution in [3.63, 3.8) is 0 Å². The van der Waals surface area contributed by atoms with Crippen LogP contribution in [0.3, 0.4) is 0 Å². The molecule has 4 amide bonds. The minimum atomic E-state index is -0.985. The zero-order chi connectivity index (χ0) is 78.6. The topological polar surface area (TPSA) is 222 Å². The van der Waals surface area contributed by atoms with E-state index in [0.717, 1.165) is 137 Å². The van der Waals surface area contributed by atoms with Crippen molar-refractivity contribution in [1.29, 1.82) is 0 Å². The molecule has 113 heavy (non-hydrogen) atoms. The molecule has 24 heteroatoms. The third-order valence-electron chi connectivity index (χ3n) is 22.7. The number of hydrogen-bond acceptors (Lipinski definition) is 13. The van der Waals surface area contributed by atoms with E-state index in [1.807, 2.05) is 174 Å². The number of benzene rings is 7. The maximum absolute atomic E-state index is 13.0. The fourth-order valence-corrected chi connectivity index (χ4v) is 16.9. The molecule has 12 heterocycles. The number of carboxylic acids is 1. The number of fused-ring (bicyclic) bond motifs is 2. The lowest BCUT2D eigenvalue weighted by Gasteiger charge is -2.61. The van der Waals surface area contributed by atoms with E-state index in [4.69, 9.17) is 47.2 Å². The van der Waals surface area contributed by atoms with Gasteiger partial charge in [0.15, 0.2) is 17.1 Å². The van der Waals surface area contributed by atoms with E-state index in [0.29, 0.717) is 75.2 Å². The van der Waals surface area contributed by atoms with Crippen LogP contribution < -0.4 is 36.0 Å². The molecule has 19 rings (SSSR count). The van der Waals surface area contributed by atoms with Crippen LogP contribution in [0.4, 0.5) is 34.1 Å².